The number of hydrogen-bond acceptors (Lipinski definition) is 3. The van der Waals surface area contributed by atoms with Gasteiger partial charge in [0.05, 0.1) is 20.6 Å². The molecule has 0 aliphatic rings. The molecular formula is C11H12F2O4. The van der Waals surface area contributed by atoms with E-state index < -0.39 is 18.3 Å². The summed E-state index contributed by atoms with van der Waals surface area (Å²) in [6, 6.07) is 4.32. The molecule has 4 nitrogen and oxygen atoms in total. The van der Waals surface area contributed by atoms with Crippen LogP contribution in [0.2, 0.25) is 0 Å². The quantitative estimate of drug-likeness (QED) is 0.862. The minimum Gasteiger partial charge on any atom is -0.497 e. The lowest BCUT2D eigenvalue weighted by Crippen LogP contribution is -2.30. The second kappa shape index (κ2) is 4.99. The summed E-state index contributed by atoms with van der Waals surface area (Å²) < 4.78 is 35.9. The summed E-state index contributed by atoms with van der Waals surface area (Å²) in [6.45, 7) is 0. The molecule has 1 aromatic carbocycles. The Kier molecular flexibility index (Phi) is 3.88. The van der Waals surface area contributed by atoms with Crippen LogP contribution in [0.4, 0.5) is 8.78 Å². The average Bonchev–Trinajstić information content (AvgIpc) is 2.28. The number of rotatable bonds is 5. The molecule has 1 aromatic rings. The molecule has 1 N–H and O–H groups in total. The molecular weight excluding hydrogens is 234 g/mol. The van der Waals surface area contributed by atoms with E-state index in [0.717, 1.165) is 0 Å². The molecule has 0 radical (unpaired) electrons. The van der Waals surface area contributed by atoms with E-state index in [4.69, 9.17) is 14.6 Å². The van der Waals surface area contributed by atoms with Crippen LogP contribution in [0.3, 0.4) is 0 Å². The van der Waals surface area contributed by atoms with Crippen LogP contribution in [0.1, 0.15) is 5.56 Å². The number of benzene rings is 1. The first-order valence-corrected chi connectivity index (χ1v) is 4.73. The van der Waals surface area contributed by atoms with Crippen LogP contribution in [0.15, 0.2) is 18.2 Å². The van der Waals surface area contributed by atoms with Crippen molar-refractivity contribution in [1.29, 1.82) is 0 Å². The van der Waals surface area contributed by atoms with Gasteiger partial charge in [-0.25, -0.2) is 4.79 Å². The van der Waals surface area contributed by atoms with Crippen molar-refractivity contribution in [3.8, 4) is 11.5 Å². The molecule has 1 rings (SSSR count). The number of ether oxygens (including phenoxy) is 2. The van der Waals surface area contributed by atoms with Crippen molar-refractivity contribution in [1.82, 2.24) is 0 Å². The fourth-order valence-electron chi connectivity index (χ4n) is 1.33. The summed E-state index contributed by atoms with van der Waals surface area (Å²) in [5.41, 5.74) is 0.0826. The number of carboxylic acids is 1. The lowest BCUT2D eigenvalue weighted by Gasteiger charge is -2.14. The number of aliphatic carboxylic acids is 1. The molecule has 0 amide bonds. The van der Waals surface area contributed by atoms with Gasteiger partial charge in [-0.3, -0.25) is 0 Å². The molecule has 0 aliphatic heterocycles. The highest BCUT2D eigenvalue weighted by atomic mass is 19.3. The zero-order valence-corrected chi connectivity index (χ0v) is 9.37. The average molecular weight is 246 g/mol. The molecule has 6 heteroatoms. The van der Waals surface area contributed by atoms with Gasteiger partial charge in [0, 0.05) is 5.56 Å². The molecule has 0 aromatic heterocycles. The van der Waals surface area contributed by atoms with Gasteiger partial charge < -0.3 is 14.6 Å². The lowest BCUT2D eigenvalue weighted by molar-refractivity contribution is -0.164. The highest BCUT2D eigenvalue weighted by molar-refractivity contribution is 5.75. The number of carbonyl (C=O) groups is 1. The van der Waals surface area contributed by atoms with Gasteiger partial charge in [0.25, 0.3) is 0 Å². The van der Waals surface area contributed by atoms with Crippen LogP contribution < -0.4 is 9.47 Å². The molecule has 0 fully saturated rings. The Balaban J connectivity index is 3.07. The Bertz CT molecular complexity index is 418. The van der Waals surface area contributed by atoms with Gasteiger partial charge in [-0.2, -0.15) is 8.78 Å². The summed E-state index contributed by atoms with van der Waals surface area (Å²) in [6.07, 6.45) is -0.942. The Morgan fingerprint density at radius 1 is 1.35 bits per heavy atom. The lowest BCUT2D eigenvalue weighted by atomic mass is 10.1. The molecule has 0 saturated carbocycles. The van der Waals surface area contributed by atoms with Crippen molar-refractivity contribution < 1.29 is 28.2 Å². The third-order valence-corrected chi connectivity index (χ3v) is 2.21. The van der Waals surface area contributed by atoms with E-state index in [2.05, 4.69) is 0 Å². The maximum Gasteiger partial charge on any atom is 0.374 e. The Hall–Kier alpha value is -1.85. The zero-order chi connectivity index (χ0) is 13.1. The van der Waals surface area contributed by atoms with Crippen molar-refractivity contribution in [2.75, 3.05) is 14.2 Å². The second-order valence-electron chi connectivity index (χ2n) is 3.36. The number of hydrogen-bond donors (Lipinski definition) is 1. The maximum atomic E-state index is 13.1. The van der Waals surface area contributed by atoms with E-state index in [1.807, 2.05) is 0 Å². The van der Waals surface area contributed by atoms with Crippen molar-refractivity contribution in [2.45, 2.75) is 12.3 Å². The summed E-state index contributed by atoms with van der Waals surface area (Å²) in [5.74, 6) is -5.43. The van der Waals surface area contributed by atoms with Gasteiger partial charge in [-0.05, 0) is 18.2 Å². The normalized spacial score (nSPS) is 11.1. The summed E-state index contributed by atoms with van der Waals surface area (Å²) in [5, 5.41) is 8.37. The van der Waals surface area contributed by atoms with Gasteiger partial charge in [-0.1, -0.05) is 0 Å². The minimum absolute atomic E-state index is 0.0826. The van der Waals surface area contributed by atoms with Crippen molar-refractivity contribution >= 4 is 5.97 Å². The van der Waals surface area contributed by atoms with Crippen LogP contribution in [0, 0.1) is 0 Å². The van der Waals surface area contributed by atoms with Gasteiger partial charge in [0.1, 0.15) is 11.5 Å². The third kappa shape index (κ3) is 3.05. The molecule has 0 bridgehead atoms. The van der Waals surface area contributed by atoms with E-state index in [-0.39, 0.29) is 11.3 Å². The third-order valence-electron chi connectivity index (χ3n) is 2.21. The smallest absolute Gasteiger partial charge is 0.374 e. The molecule has 0 atom stereocenters. The van der Waals surface area contributed by atoms with Crippen LogP contribution in [0.25, 0.3) is 0 Å². The van der Waals surface area contributed by atoms with Crippen molar-refractivity contribution in [3.05, 3.63) is 23.8 Å². The Morgan fingerprint density at radius 2 is 2.00 bits per heavy atom. The van der Waals surface area contributed by atoms with Crippen LogP contribution >= 0.6 is 0 Å². The fourth-order valence-corrected chi connectivity index (χ4v) is 1.33. The summed E-state index contributed by atoms with van der Waals surface area (Å²) in [7, 11) is 2.71. The molecule has 94 valence electrons. The van der Waals surface area contributed by atoms with Gasteiger partial charge in [0.2, 0.25) is 0 Å². The van der Waals surface area contributed by atoms with E-state index in [1.54, 1.807) is 6.07 Å². The molecule has 0 heterocycles. The molecule has 17 heavy (non-hydrogen) atoms. The predicted octanol–water partition coefficient (Wildman–Crippen LogP) is 1.97. The maximum absolute atomic E-state index is 13.1. The van der Waals surface area contributed by atoms with Crippen molar-refractivity contribution in [2.24, 2.45) is 0 Å². The highest BCUT2D eigenvalue weighted by Gasteiger charge is 2.39. The largest absolute Gasteiger partial charge is 0.497 e. The fraction of sp³-hybridized carbons (Fsp3) is 0.364. The van der Waals surface area contributed by atoms with Crippen LogP contribution in [0.5, 0.6) is 11.5 Å². The number of methoxy groups -OCH3 is 2. The molecule has 0 unspecified atom stereocenters. The van der Waals surface area contributed by atoms with Crippen LogP contribution in [-0.4, -0.2) is 31.2 Å². The number of carboxylic acid groups (broad SMARTS) is 1. The first-order chi connectivity index (χ1) is 7.90. The van der Waals surface area contributed by atoms with Gasteiger partial charge in [-0.15, -0.1) is 0 Å². The Labute approximate surface area is 96.8 Å². The molecule has 0 aliphatic carbocycles. The van der Waals surface area contributed by atoms with Crippen LogP contribution in [-0.2, 0) is 11.2 Å². The van der Waals surface area contributed by atoms with E-state index in [1.165, 1.54) is 26.4 Å². The summed E-state index contributed by atoms with van der Waals surface area (Å²) >= 11 is 0. The molecule has 0 spiro atoms. The van der Waals surface area contributed by atoms with Crippen molar-refractivity contribution in [3.63, 3.8) is 0 Å². The predicted molar refractivity (Wildman–Crippen MR) is 55.8 cm³/mol. The van der Waals surface area contributed by atoms with Gasteiger partial charge in [0.15, 0.2) is 0 Å². The highest BCUT2D eigenvalue weighted by Crippen LogP contribution is 2.29. The van der Waals surface area contributed by atoms with E-state index >= 15 is 0 Å². The topological polar surface area (TPSA) is 55.8 Å². The first kappa shape index (κ1) is 13.2. The number of halogens is 2. The van der Waals surface area contributed by atoms with E-state index in [0.29, 0.717) is 5.75 Å². The monoisotopic (exact) mass is 246 g/mol. The second-order valence-corrected chi connectivity index (χ2v) is 3.36. The van der Waals surface area contributed by atoms with E-state index in [9.17, 15) is 13.6 Å². The Morgan fingerprint density at radius 3 is 2.47 bits per heavy atom. The summed E-state index contributed by atoms with van der Waals surface area (Å²) in [4.78, 5) is 10.4. The number of alkyl halides is 2. The minimum atomic E-state index is -3.83. The molecule has 0 saturated heterocycles. The SMILES string of the molecule is COc1ccc(OC)c(CC(F)(F)C(=O)O)c1. The zero-order valence-electron chi connectivity index (χ0n) is 9.37. The standard InChI is InChI=1S/C11H12F2O4/c1-16-8-3-4-9(17-2)7(5-8)6-11(12,13)10(14)15/h3-5H,6H2,1-2H3,(H,14,15). The van der Waals surface area contributed by atoms with Gasteiger partial charge >= 0.3 is 11.9 Å². The first-order valence-electron chi connectivity index (χ1n) is 4.73.